The number of aliphatic hydroxyl groups excluding tert-OH is 1. The van der Waals surface area contributed by atoms with E-state index < -0.39 is 0 Å². The van der Waals surface area contributed by atoms with Crippen molar-refractivity contribution in [2.75, 3.05) is 26.7 Å². The van der Waals surface area contributed by atoms with Crippen LogP contribution in [0.4, 0.5) is 0 Å². The van der Waals surface area contributed by atoms with E-state index in [1.165, 1.54) is 64.5 Å². The molecule has 0 aliphatic heterocycles. The van der Waals surface area contributed by atoms with Crippen molar-refractivity contribution in [1.29, 1.82) is 0 Å². The van der Waals surface area contributed by atoms with E-state index in [0.717, 1.165) is 5.92 Å². The Hall–Kier alpha value is -0.120. The van der Waals surface area contributed by atoms with Crippen LogP contribution in [0.3, 0.4) is 0 Å². The molecule has 0 saturated heterocycles. The molecule has 3 heteroatoms. The number of aliphatic hydroxyl groups is 1. The van der Waals surface area contributed by atoms with Gasteiger partial charge < -0.3 is 15.3 Å². The van der Waals surface area contributed by atoms with Crippen molar-refractivity contribution in [1.82, 2.24) is 10.2 Å². The van der Waals surface area contributed by atoms with Crippen LogP contribution in [0.5, 0.6) is 0 Å². The fraction of sp³-hybridized carbons (Fsp3) is 1.00. The van der Waals surface area contributed by atoms with Gasteiger partial charge in [-0.25, -0.2) is 0 Å². The first kappa shape index (κ1) is 13.8. The maximum atomic E-state index is 9.91. The van der Waals surface area contributed by atoms with Gasteiger partial charge in [0.1, 0.15) is 0 Å². The second-order valence-electron chi connectivity index (χ2n) is 7.32. The lowest BCUT2D eigenvalue weighted by Gasteiger charge is -2.36. The van der Waals surface area contributed by atoms with Gasteiger partial charge in [0.2, 0.25) is 0 Å². The van der Waals surface area contributed by atoms with Crippen LogP contribution in [0, 0.1) is 11.8 Å². The summed E-state index contributed by atoms with van der Waals surface area (Å²) in [5.41, 5.74) is 0.0571. The number of nitrogens with one attached hydrogen (secondary N) is 1. The molecular weight excluding hydrogens is 236 g/mol. The van der Waals surface area contributed by atoms with Crippen LogP contribution in [0.2, 0.25) is 0 Å². The zero-order valence-electron chi connectivity index (χ0n) is 12.4. The van der Waals surface area contributed by atoms with Crippen molar-refractivity contribution >= 4 is 0 Å². The third kappa shape index (κ3) is 3.50. The molecule has 0 bridgehead atoms. The molecule has 110 valence electrons. The van der Waals surface area contributed by atoms with Crippen molar-refractivity contribution in [3.8, 4) is 0 Å². The average Bonchev–Trinajstić information content (AvgIpc) is 3.30. The summed E-state index contributed by atoms with van der Waals surface area (Å²) in [5, 5.41) is 13.7. The minimum absolute atomic E-state index is 0.0571. The summed E-state index contributed by atoms with van der Waals surface area (Å²) in [5.74, 6) is 1.67. The van der Waals surface area contributed by atoms with E-state index >= 15 is 0 Å². The van der Waals surface area contributed by atoms with Gasteiger partial charge in [-0.1, -0.05) is 6.42 Å². The van der Waals surface area contributed by atoms with Crippen molar-refractivity contribution in [3.63, 3.8) is 0 Å². The number of hydrogen-bond acceptors (Lipinski definition) is 3. The lowest BCUT2D eigenvalue weighted by atomic mass is 9.85. The molecule has 0 aromatic rings. The van der Waals surface area contributed by atoms with Crippen molar-refractivity contribution in [3.05, 3.63) is 0 Å². The molecule has 3 aliphatic carbocycles. The van der Waals surface area contributed by atoms with Crippen molar-refractivity contribution < 1.29 is 5.11 Å². The molecule has 19 heavy (non-hydrogen) atoms. The molecule has 0 spiro atoms. The Kier molecular flexibility index (Phi) is 4.16. The van der Waals surface area contributed by atoms with Gasteiger partial charge in [-0.05, 0) is 70.4 Å². The fourth-order valence-electron chi connectivity index (χ4n) is 3.85. The van der Waals surface area contributed by atoms with Crippen molar-refractivity contribution in [2.45, 2.75) is 62.9 Å². The van der Waals surface area contributed by atoms with Gasteiger partial charge in [0.25, 0.3) is 0 Å². The highest BCUT2D eigenvalue weighted by molar-refractivity contribution is 5.03. The Labute approximate surface area is 117 Å². The second-order valence-corrected chi connectivity index (χ2v) is 7.32. The van der Waals surface area contributed by atoms with Crippen LogP contribution in [0.25, 0.3) is 0 Å². The Balaban J connectivity index is 1.49. The molecule has 2 atom stereocenters. The first-order valence-electron chi connectivity index (χ1n) is 8.29. The number of hydrogen-bond donors (Lipinski definition) is 2. The second kappa shape index (κ2) is 5.71. The molecule has 0 amide bonds. The molecule has 3 fully saturated rings. The molecule has 3 saturated carbocycles. The molecule has 3 aliphatic rings. The van der Waals surface area contributed by atoms with Crippen LogP contribution in [-0.2, 0) is 0 Å². The largest absolute Gasteiger partial charge is 0.394 e. The minimum Gasteiger partial charge on any atom is -0.394 e. The predicted octanol–water partition coefficient (Wildman–Crippen LogP) is 2.00. The standard InChI is InChI=1S/C16H30N2O/c1-18(11-13-4-5-13)10-8-14-3-2-9-16(14,12-19)17-15-6-7-15/h13-15,17,19H,2-12H2,1H3. The summed E-state index contributed by atoms with van der Waals surface area (Å²) < 4.78 is 0. The SMILES string of the molecule is CN(CCC1CCCC1(CO)NC1CC1)CC1CC1. The van der Waals surface area contributed by atoms with E-state index in [9.17, 15) is 5.11 Å². The Morgan fingerprint density at radius 2 is 2.00 bits per heavy atom. The molecule has 0 aromatic heterocycles. The van der Waals surface area contributed by atoms with E-state index in [2.05, 4.69) is 17.3 Å². The third-order valence-electron chi connectivity index (χ3n) is 5.43. The van der Waals surface area contributed by atoms with Gasteiger partial charge >= 0.3 is 0 Å². The topological polar surface area (TPSA) is 35.5 Å². The Morgan fingerprint density at radius 1 is 1.21 bits per heavy atom. The predicted molar refractivity (Wildman–Crippen MR) is 78.2 cm³/mol. The van der Waals surface area contributed by atoms with Crippen LogP contribution in [0.15, 0.2) is 0 Å². The molecular formula is C16H30N2O. The number of nitrogens with zero attached hydrogens (tertiary/aromatic N) is 1. The normalized spacial score (nSPS) is 35.2. The van der Waals surface area contributed by atoms with E-state index in [4.69, 9.17) is 0 Å². The molecule has 0 heterocycles. The molecule has 3 rings (SSSR count). The Morgan fingerprint density at radius 3 is 2.63 bits per heavy atom. The zero-order chi connectivity index (χ0) is 13.3. The summed E-state index contributed by atoms with van der Waals surface area (Å²) in [6.45, 7) is 2.82. The molecule has 2 N–H and O–H groups in total. The first-order valence-corrected chi connectivity index (χ1v) is 8.29. The summed E-state index contributed by atoms with van der Waals surface area (Å²) >= 11 is 0. The lowest BCUT2D eigenvalue weighted by Crippen LogP contribution is -2.53. The van der Waals surface area contributed by atoms with Gasteiger partial charge in [0.05, 0.1) is 6.61 Å². The Bertz CT molecular complexity index is 301. The highest BCUT2D eigenvalue weighted by Gasteiger charge is 2.44. The third-order valence-corrected chi connectivity index (χ3v) is 5.43. The van der Waals surface area contributed by atoms with Crippen LogP contribution in [-0.4, -0.2) is 48.3 Å². The summed E-state index contributed by atoms with van der Waals surface area (Å²) in [6, 6.07) is 0.706. The fourth-order valence-corrected chi connectivity index (χ4v) is 3.85. The van der Waals surface area contributed by atoms with Gasteiger partial charge in [-0.2, -0.15) is 0 Å². The monoisotopic (exact) mass is 266 g/mol. The molecule has 2 unspecified atom stereocenters. The van der Waals surface area contributed by atoms with Gasteiger partial charge in [-0.15, -0.1) is 0 Å². The first-order chi connectivity index (χ1) is 9.22. The summed E-state index contributed by atoms with van der Waals surface area (Å²) in [4.78, 5) is 2.51. The van der Waals surface area contributed by atoms with Crippen LogP contribution in [0.1, 0.15) is 51.4 Å². The molecule has 0 aromatic carbocycles. The van der Waals surface area contributed by atoms with E-state index in [0.29, 0.717) is 18.6 Å². The van der Waals surface area contributed by atoms with Crippen molar-refractivity contribution in [2.24, 2.45) is 11.8 Å². The van der Waals surface area contributed by atoms with Gasteiger partial charge in [0, 0.05) is 18.1 Å². The highest BCUT2D eigenvalue weighted by atomic mass is 16.3. The maximum absolute atomic E-state index is 9.91. The van der Waals surface area contributed by atoms with Gasteiger partial charge in [-0.3, -0.25) is 0 Å². The van der Waals surface area contributed by atoms with E-state index in [1.54, 1.807) is 0 Å². The average molecular weight is 266 g/mol. The quantitative estimate of drug-likeness (QED) is 0.705. The minimum atomic E-state index is 0.0571. The summed E-state index contributed by atoms with van der Waals surface area (Å²) in [6.07, 6.45) is 10.5. The van der Waals surface area contributed by atoms with Crippen LogP contribution < -0.4 is 5.32 Å². The molecule has 0 radical (unpaired) electrons. The molecule has 3 nitrogen and oxygen atoms in total. The van der Waals surface area contributed by atoms with E-state index in [-0.39, 0.29) is 5.54 Å². The lowest BCUT2D eigenvalue weighted by molar-refractivity contribution is 0.111. The maximum Gasteiger partial charge on any atom is 0.0616 e. The number of rotatable bonds is 8. The summed E-state index contributed by atoms with van der Waals surface area (Å²) in [7, 11) is 2.27. The van der Waals surface area contributed by atoms with Crippen LogP contribution >= 0.6 is 0 Å². The smallest absolute Gasteiger partial charge is 0.0616 e. The highest BCUT2D eigenvalue weighted by Crippen LogP contribution is 2.40. The van der Waals surface area contributed by atoms with E-state index in [1.807, 2.05) is 0 Å². The zero-order valence-corrected chi connectivity index (χ0v) is 12.4. The van der Waals surface area contributed by atoms with Gasteiger partial charge in [0.15, 0.2) is 0 Å².